The molecule has 4 rings (SSSR count). The van der Waals surface area contributed by atoms with Gasteiger partial charge in [-0.25, -0.2) is 17.6 Å². The first kappa shape index (κ1) is 27.5. The molecule has 2 fully saturated rings. The van der Waals surface area contributed by atoms with E-state index < -0.39 is 28.2 Å². The summed E-state index contributed by atoms with van der Waals surface area (Å²) in [7, 11) is -1.91. The number of carbonyl (C=O) groups excluding carboxylic acids is 1. The van der Waals surface area contributed by atoms with Crippen LogP contribution in [0.5, 0.6) is 0 Å². The van der Waals surface area contributed by atoms with Gasteiger partial charge in [-0.05, 0) is 68.2 Å². The highest BCUT2D eigenvalue weighted by molar-refractivity contribution is 7.88. The van der Waals surface area contributed by atoms with Crippen LogP contribution in [0.2, 0.25) is 0 Å². The van der Waals surface area contributed by atoms with Crippen molar-refractivity contribution in [1.29, 1.82) is 0 Å². The molecule has 9 heteroatoms. The SMILES string of the molecule is C[C@@H]1C[C@H](N(C)S(C)(=O)=O)[C@H](COC2CCC(c3cccc(F)c3)CC2)N1C(=O)OCc1ccccc1. The smallest absolute Gasteiger partial charge is 0.410 e. The summed E-state index contributed by atoms with van der Waals surface area (Å²) in [6, 6.07) is 15.2. The van der Waals surface area contributed by atoms with E-state index in [1.54, 1.807) is 24.1 Å². The third-order valence-corrected chi connectivity index (χ3v) is 9.08. The van der Waals surface area contributed by atoms with E-state index in [9.17, 15) is 17.6 Å². The number of sulfonamides is 1. The van der Waals surface area contributed by atoms with E-state index in [1.165, 1.54) is 16.6 Å². The van der Waals surface area contributed by atoms with E-state index in [1.807, 2.05) is 43.3 Å². The number of hydrogen-bond donors (Lipinski definition) is 0. The average Bonchev–Trinajstić information content (AvgIpc) is 3.21. The molecule has 1 amide bonds. The zero-order valence-electron chi connectivity index (χ0n) is 21.8. The van der Waals surface area contributed by atoms with Crippen molar-refractivity contribution in [2.75, 3.05) is 19.9 Å². The molecular weight excluding hydrogens is 495 g/mol. The Kier molecular flexibility index (Phi) is 8.87. The molecule has 3 atom stereocenters. The van der Waals surface area contributed by atoms with Gasteiger partial charge in [-0.1, -0.05) is 42.5 Å². The molecule has 0 aromatic heterocycles. The van der Waals surface area contributed by atoms with Crippen molar-refractivity contribution < 1.29 is 27.1 Å². The van der Waals surface area contributed by atoms with Crippen molar-refractivity contribution in [1.82, 2.24) is 9.21 Å². The Labute approximate surface area is 219 Å². The number of halogens is 1. The molecule has 1 saturated heterocycles. The standard InChI is InChI=1S/C28H37FN2O5S/c1-20-16-26(30(2)37(3,33)34)27(31(20)28(32)36-18-21-8-5-4-6-9-21)19-35-25-14-12-22(13-15-25)23-10-7-11-24(29)17-23/h4-11,17,20,22,25-27H,12-16,18-19H2,1-3H3/t20-,22?,25?,26+,27+/m1/s1. The van der Waals surface area contributed by atoms with Crippen molar-refractivity contribution in [3.63, 3.8) is 0 Å². The fourth-order valence-corrected chi connectivity index (χ4v) is 6.35. The van der Waals surface area contributed by atoms with Crippen LogP contribution in [0.4, 0.5) is 9.18 Å². The van der Waals surface area contributed by atoms with Gasteiger partial charge < -0.3 is 9.47 Å². The number of likely N-dealkylation sites (tertiary alicyclic amines) is 1. The highest BCUT2D eigenvalue weighted by atomic mass is 32.2. The number of rotatable bonds is 8. The molecule has 1 saturated carbocycles. The van der Waals surface area contributed by atoms with Crippen molar-refractivity contribution in [2.24, 2.45) is 0 Å². The third-order valence-electron chi connectivity index (χ3n) is 7.76. The van der Waals surface area contributed by atoms with Gasteiger partial charge in [-0.15, -0.1) is 0 Å². The topological polar surface area (TPSA) is 76.2 Å². The van der Waals surface area contributed by atoms with Gasteiger partial charge in [0.1, 0.15) is 12.4 Å². The van der Waals surface area contributed by atoms with Gasteiger partial charge >= 0.3 is 6.09 Å². The van der Waals surface area contributed by atoms with Crippen LogP contribution in [-0.2, 0) is 26.1 Å². The van der Waals surface area contributed by atoms with Crippen LogP contribution in [0.1, 0.15) is 56.1 Å². The van der Waals surface area contributed by atoms with Crippen LogP contribution in [0.25, 0.3) is 0 Å². The fourth-order valence-electron chi connectivity index (χ4n) is 5.63. The van der Waals surface area contributed by atoms with E-state index in [-0.39, 0.29) is 31.2 Å². The summed E-state index contributed by atoms with van der Waals surface area (Å²) in [5.74, 6) is 0.0853. The van der Waals surface area contributed by atoms with E-state index in [2.05, 4.69) is 0 Å². The molecule has 1 aliphatic carbocycles. The summed E-state index contributed by atoms with van der Waals surface area (Å²) >= 11 is 0. The minimum Gasteiger partial charge on any atom is -0.445 e. The lowest BCUT2D eigenvalue weighted by atomic mass is 9.82. The lowest BCUT2D eigenvalue weighted by molar-refractivity contribution is -0.0151. The Balaban J connectivity index is 1.41. The lowest BCUT2D eigenvalue weighted by Crippen LogP contribution is -2.51. The van der Waals surface area contributed by atoms with Gasteiger partial charge in [-0.3, -0.25) is 4.90 Å². The summed E-state index contributed by atoms with van der Waals surface area (Å²) in [5.41, 5.74) is 1.90. The predicted octanol–water partition coefficient (Wildman–Crippen LogP) is 4.93. The largest absolute Gasteiger partial charge is 0.445 e. The normalized spacial score (nSPS) is 26.4. The van der Waals surface area contributed by atoms with Crippen LogP contribution >= 0.6 is 0 Å². The summed E-state index contributed by atoms with van der Waals surface area (Å²) < 4.78 is 51.7. The molecule has 0 N–H and O–H groups in total. The van der Waals surface area contributed by atoms with Gasteiger partial charge in [0.2, 0.25) is 10.0 Å². The first-order valence-electron chi connectivity index (χ1n) is 12.9. The Morgan fingerprint density at radius 2 is 1.78 bits per heavy atom. The summed E-state index contributed by atoms with van der Waals surface area (Å²) in [5, 5.41) is 0. The molecule has 37 heavy (non-hydrogen) atoms. The number of nitrogens with zero attached hydrogens (tertiary/aromatic N) is 2. The van der Waals surface area contributed by atoms with Gasteiger partial charge in [0.05, 0.1) is 25.0 Å². The molecule has 7 nitrogen and oxygen atoms in total. The quantitative estimate of drug-likeness (QED) is 0.482. The summed E-state index contributed by atoms with van der Waals surface area (Å²) in [4.78, 5) is 14.8. The van der Waals surface area contributed by atoms with Crippen LogP contribution in [-0.4, -0.2) is 67.9 Å². The maximum Gasteiger partial charge on any atom is 0.410 e. The Hall–Kier alpha value is -2.49. The molecule has 202 valence electrons. The molecule has 0 radical (unpaired) electrons. The molecule has 1 heterocycles. The highest BCUT2D eigenvalue weighted by Crippen LogP contribution is 2.36. The molecule has 2 aliphatic rings. The maximum absolute atomic E-state index is 13.6. The Morgan fingerprint density at radius 1 is 1.08 bits per heavy atom. The third kappa shape index (κ3) is 6.89. The minimum absolute atomic E-state index is 0.00657. The number of hydrogen-bond acceptors (Lipinski definition) is 5. The Morgan fingerprint density at radius 3 is 2.43 bits per heavy atom. The monoisotopic (exact) mass is 532 g/mol. The van der Waals surface area contributed by atoms with Crippen LogP contribution in [0, 0.1) is 5.82 Å². The lowest BCUT2D eigenvalue weighted by Gasteiger charge is -2.35. The van der Waals surface area contributed by atoms with Crippen molar-refractivity contribution >= 4 is 16.1 Å². The van der Waals surface area contributed by atoms with Crippen LogP contribution in [0.15, 0.2) is 54.6 Å². The van der Waals surface area contributed by atoms with Gasteiger partial charge in [-0.2, -0.15) is 4.31 Å². The Bertz CT molecular complexity index is 1150. The molecule has 2 aromatic rings. The van der Waals surface area contributed by atoms with Crippen molar-refractivity contribution in [3.8, 4) is 0 Å². The molecule has 0 spiro atoms. The van der Waals surface area contributed by atoms with Crippen molar-refractivity contribution in [2.45, 2.75) is 75.8 Å². The number of amides is 1. The van der Waals surface area contributed by atoms with Gasteiger partial charge in [0.15, 0.2) is 0 Å². The average molecular weight is 533 g/mol. The number of carbonyl (C=O) groups is 1. The van der Waals surface area contributed by atoms with E-state index in [4.69, 9.17) is 9.47 Å². The summed E-state index contributed by atoms with van der Waals surface area (Å²) in [6.45, 7) is 2.29. The second kappa shape index (κ2) is 11.9. The first-order chi connectivity index (χ1) is 17.6. The minimum atomic E-state index is -3.46. The molecule has 0 bridgehead atoms. The van der Waals surface area contributed by atoms with E-state index in [0.29, 0.717) is 12.3 Å². The number of ether oxygens (including phenoxy) is 2. The zero-order valence-corrected chi connectivity index (χ0v) is 22.6. The molecule has 0 unspecified atom stereocenters. The van der Waals surface area contributed by atoms with Gasteiger partial charge in [0, 0.05) is 19.1 Å². The van der Waals surface area contributed by atoms with Crippen LogP contribution in [0.3, 0.4) is 0 Å². The molecule has 1 aliphatic heterocycles. The summed E-state index contributed by atoms with van der Waals surface area (Å²) in [6.07, 6.45) is 4.67. The maximum atomic E-state index is 13.6. The van der Waals surface area contributed by atoms with Crippen LogP contribution < -0.4 is 0 Å². The van der Waals surface area contributed by atoms with E-state index >= 15 is 0 Å². The van der Waals surface area contributed by atoms with E-state index in [0.717, 1.165) is 36.8 Å². The number of benzene rings is 2. The highest BCUT2D eigenvalue weighted by Gasteiger charge is 2.46. The van der Waals surface area contributed by atoms with Crippen molar-refractivity contribution in [3.05, 3.63) is 71.5 Å². The second-order valence-electron chi connectivity index (χ2n) is 10.3. The predicted molar refractivity (Wildman–Crippen MR) is 140 cm³/mol. The fraction of sp³-hybridized carbons (Fsp3) is 0.536. The first-order valence-corrected chi connectivity index (χ1v) is 14.8. The number of likely N-dealkylation sites (N-methyl/N-ethyl adjacent to an activating group) is 1. The second-order valence-corrected chi connectivity index (χ2v) is 12.4. The zero-order chi connectivity index (χ0) is 26.6. The molecule has 2 aromatic carbocycles. The molecular formula is C28H37FN2O5S. The van der Waals surface area contributed by atoms with Gasteiger partial charge in [0.25, 0.3) is 0 Å².